The minimum absolute atomic E-state index is 0.00640. The van der Waals surface area contributed by atoms with Crippen molar-refractivity contribution in [1.82, 2.24) is 4.31 Å². The van der Waals surface area contributed by atoms with E-state index in [-0.39, 0.29) is 21.6 Å². The molecule has 0 aliphatic carbocycles. The molecular weight excluding hydrogens is 322 g/mol. The van der Waals surface area contributed by atoms with Crippen LogP contribution in [0.25, 0.3) is 0 Å². The van der Waals surface area contributed by atoms with E-state index in [0.29, 0.717) is 26.3 Å². The van der Waals surface area contributed by atoms with E-state index in [4.69, 9.17) is 14.6 Å². The van der Waals surface area contributed by atoms with E-state index in [1.54, 1.807) is 0 Å². The lowest BCUT2D eigenvalue weighted by atomic mass is 9.75. The van der Waals surface area contributed by atoms with Crippen LogP contribution in [0.1, 0.15) is 23.2 Å². The van der Waals surface area contributed by atoms with Crippen molar-refractivity contribution in [2.24, 2.45) is 5.41 Å². The molecule has 1 aromatic carbocycles. The SMILES string of the molecule is COc1cc(C(=O)O)ccc1S(=O)(=O)N1CC2(CCOCC2)C1. The third kappa shape index (κ3) is 2.82. The molecule has 3 rings (SSSR count). The van der Waals surface area contributed by atoms with E-state index < -0.39 is 16.0 Å². The molecule has 2 saturated heterocycles. The lowest BCUT2D eigenvalue weighted by Gasteiger charge is -2.51. The molecule has 0 atom stereocenters. The molecule has 1 spiro atoms. The Morgan fingerprint density at radius 2 is 1.96 bits per heavy atom. The second-order valence-electron chi connectivity index (χ2n) is 6.06. The van der Waals surface area contributed by atoms with Crippen molar-refractivity contribution in [2.45, 2.75) is 17.7 Å². The van der Waals surface area contributed by atoms with E-state index in [1.807, 2.05) is 0 Å². The Morgan fingerprint density at radius 1 is 1.30 bits per heavy atom. The first kappa shape index (κ1) is 16.2. The number of carbonyl (C=O) groups is 1. The molecule has 2 aliphatic rings. The number of aromatic carboxylic acids is 1. The number of carboxylic acid groups (broad SMARTS) is 1. The lowest BCUT2D eigenvalue weighted by molar-refractivity contribution is -0.0477. The highest BCUT2D eigenvalue weighted by Gasteiger charge is 2.49. The van der Waals surface area contributed by atoms with E-state index in [9.17, 15) is 13.2 Å². The molecule has 1 aromatic rings. The number of sulfonamides is 1. The summed E-state index contributed by atoms with van der Waals surface area (Å²) in [6.45, 7) is 2.29. The normalized spacial score (nSPS) is 20.9. The molecule has 0 radical (unpaired) electrons. The molecule has 23 heavy (non-hydrogen) atoms. The van der Waals surface area contributed by atoms with E-state index in [2.05, 4.69) is 0 Å². The third-order valence-corrected chi connectivity index (χ3v) is 6.44. The molecule has 1 N–H and O–H groups in total. The van der Waals surface area contributed by atoms with Crippen LogP contribution >= 0.6 is 0 Å². The van der Waals surface area contributed by atoms with Gasteiger partial charge in [0, 0.05) is 31.7 Å². The van der Waals surface area contributed by atoms with Gasteiger partial charge in [-0.05, 0) is 31.0 Å². The highest BCUT2D eigenvalue weighted by molar-refractivity contribution is 7.89. The van der Waals surface area contributed by atoms with Gasteiger partial charge in [0.1, 0.15) is 10.6 Å². The fraction of sp³-hybridized carbons (Fsp3) is 0.533. The quantitative estimate of drug-likeness (QED) is 0.884. The van der Waals surface area contributed by atoms with Crippen molar-refractivity contribution in [3.05, 3.63) is 23.8 Å². The average molecular weight is 341 g/mol. The predicted octanol–water partition coefficient (Wildman–Crippen LogP) is 1.19. The number of benzene rings is 1. The summed E-state index contributed by atoms with van der Waals surface area (Å²) < 4.78 is 37.4. The van der Waals surface area contributed by atoms with Gasteiger partial charge in [-0.15, -0.1) is 0 Å². The van der Waals surface area contributed by atoms with E-state index >= 15 is 0 Å². The Bertz CT molecular complexity index is 715. The molecule has 2 aliphatic heterocycles. The fourth-order valence-corrected chi connectivity index (χ4v) is 4.95. The van der Waals surface area contributed by atoms with Crippen LogP contribution < -0.4 is 4.74 Å². The van der Waals surface area contributed by atoms with Gasteiger partial charge in [-0.3, -0.25) is 0 Å². The number of ether oxygens (including phenoxy) is 2. The zero-order valence-electron chi connectivity index (χ0n) is 12.8. The fourth-order valence-electron chi connectivity index (χ4n) is 3.15. The molecule has 0 unspecified atom stereocenters. The number of hydrogen-bond donors (Lipinski definition) is 1. The third-order valence-electron chi connectivity index (χ3n) is 4.61. The van der Waals surface area contributed by atoms with Crippen LogP contribution in [0.2, 0.25) is 0 Å². The van der Waals surface area contributed by atoms with Crippen molar-refractivity contribution in [3.8, 4) is 5.75 Å². The summed E-state index contributed by atoms with van der Waals surface area (Å²) in [6.07, 6.45) is 1.74. The van der Waals surface area contributed by atoms with Crippen molar-refractivity contribution in [1.29, 1.82) is 0 Å². The van der Waals surface area contributed by atoms with Gasteiger partial charge in [0.05, 0.1) is 12.7 Å². The molecule has 0 saturated carbocycles. The maximum absolute atomic E-state index is 12.8. The molecule has 2 heterocycles. The zero-order chi connectivity index (χ0) is 16.7. The molecule has 0 bridgehead atoms. The van der Waals surface area contributed by atoms with Crippen molar-refractivity contribution in [2.75, 3.05) is 33.4 Å². The van der Waals surface area contributed by atoms with Crippen LogP contribution in [-0.4, -0.2) is 57.2 Å². The summed E-state index contributed by atoms with van der Waals surface area (Å²) in [5.41, 5.74) is 0.0184. The minimum atomic E-state index is -3.69. The first-order valence-electron chi connectivity index (χ1n) is 7.37. The highest BCUT2D eigenvalue weighted by atomic mass is 32.2. The average Bonchev–Trinajstić information content (AvgIpc) is 2.52. The van der Waals surface area contributed by atoms with Gasteiger partial charge in [0.25, 0.3) is 0 Å². The number of methoxy groups -OCH3 is 1. The van der Waals surface area contributed by atoms with Gasteiger partial charge in [-0.2, -0.15) is 4.31 Å². The maximum Gasteiger partial charge on any atom is 0.335 e. The summed E-state index contributed by atoms with van der Waals surface area (Å²) in [4.78, 5) is 11.0. The maximum atomic E-state index is 12.8. The molecule has 126 valence electrons. The summed E-state index contributed by atoms with van der Waals surface area (Å²) in [5.74, 6) is -1.07. The largest absolute Gasteiger partial charge is 0.495 e. The standard InChI is InChI=1S/C15H19NO6S/c1-21-12-8-11(14(17)18)2-3-13(12)23(19,20)16-9-15(10-16)4-6-22-7-5-15/h2-3,8H,4-7,9-10H2,1H3,(H,17,18). The summed E-state index contributed by atoms with van der Waals surface area (Å²) in [6, 6.07) is 3.81. The predicted molar refractivity (Wildman–Crippen MR) is 81.2 cm³/mol. The molecule has 2 fully saturated rings. The van der Waals surface area contributed by atoms with Gasteiger partial charge in [0.15, 0.2) is 0 Å². The molecule has 8 heteroatoms. The first-order chi connectivity index (χ1) is 10.9. The van der Waals surface area contributed by atoms with Crippen molar-refractivity contribution < 1.29 is 27.8 Å². The topological polar surface area (TPSA) is 93.1 Å². The van der Waals surface area contributed by atoms with E-state index in [1.165, 1.54) is 29.6 Å². The minimum Gasteiger partial charge on any atom is -0.495 e. The van der Waals surface area contributed by atoms with Crippen LogP contribution in [-0.2, 0) is 14.8 Å². The summed E-state index contributed by atoms with van der Waals surface area (Å²) in [7, 11) is -2.36. The van der Waals surface area contributed by atoms with Crippen molar-refractivity contribution in [3.63, 3.8) is 0 Å². The second kappa shape index (κ2) is 5.77. The zero-order valence-corrected chi connectivity index (χ0v) is 13.6. The van der Waals surface area contributed by atoms with Crippen LogP contribution in [0.5, 0.6) is 5.75 Å². The van der Waals surface area contributed by atoms with Crippen LogP contribution in [0.4, 0.5) is 0 Å². The Balaban J connectivity index is 1.85. The number of rotatable bonds is 4. The van der Waals surface area contributed by atoms with Gasteiger partial charge >= 0.3 is 5.97 Å². The Hall–Kier alpha value is -1.64. The van der Waals surface area contributed by atoms with Gasteiger partial charge < -0.3 is 14.6 Å². The Morgan fingerprint density at radius 3 is 2.52 bits per heavy atom. The lowest BCUT2D eigenvalue weighted by Crippen LogP contribution is -2.60. The smallest absolute Gasteiger partial charge is 0.335 e. The Labute approximate surface area is 134 Å². The second-order valence-corrected chi connectivity index (χ2v) is 7.96. The van der Waals surface area contributed by atoms with Gasteiger partial charge in [-0.25, -0.2) is 13.2 Å². The summed E-state index contributed by atoms with van der Waals surface area (Å²) in [5, 5.41) is 9.00. The van der Waals surface area contributed by atoms with Crippen molar-refractivity contribution >= 4 is 16.0 Å². The summed E-state index contributed by atoms with van der Waals surface area (Å²) >= 11 is 0. The Kier molecular flexibility index (Phi) is 4.07. The van der Waals surface area contributed by atoms with E-state index in [0.717, 1.165) is 12.8 Å². The molecule has 0 aromatic heterocycles. The molecular formula is C15H19NO6S. The first-order valence-corrected chi connectivity index (χ1v) is 8.81. The number of carboxylic acids is 1. The van der Waals surface area contributed by atoms with Gasteiger partial charge in [0.2, 0.25) is 10.0 Å². The monoisotopic (exact) mass is 341 g/mol. The van der Waals surface area contributed by atoms with Gasteiger partial charge in [-0.1, -0.05) is 0 Å². The van der Waals surface area contributed by atoms with Crippen LogP contribution in [0, 0.1) is 5.41 Å². The van der Waals surface area contributed by atoms with Crippen LogP contribution in [0.3, 0.4) is 0 Å². The number of hydrogen-bond acceptors (Lipinski definition) is 5. The molecule has 7 nitrogen and oxygen atoms in total. The number of nitrogens with zero attached hydrogens (tertiary/aromatic N) is 1. The van der Waals surface area contributed by atoms with Crippen LogP contribution in [0.15, 0.2) is 23.1 Å². The highest BCUT2D eigenvalue weighted by Crippen LogP contribution is 2.43. The molecule has 0 amide bonds.